The van der Waals surface area contributed by atoms with Crippen LogP contribution in [0.1, 0.15) is 19.8 Å². The highest BCUT2D eigenvalue weighted by molar-refractivity contribution is 5.91. The minimum absolute atomic E-state index is 0.0741. The molecule has 0 atom stereocenters. The van der Waals surface area contributed by atoms with Crippen LogP contribution in [0.3, 0.4) is 0 Å². The fourth-order valence-electron chi connectivity index (χ4n) is 2.72. The average molecular weight is 328 g/mol. The monoisotopic (exact) mass is 328 g/mol. The highest BCUT2D eigenvalue weighted by Crippen LogP contribution is 2.32. The number of hydrogen-bond donors (Lipinski definition) is 1. The summed E-state index contributed by atoms with van der Waals surface area (Å²) in [5.74, 6) is 0.993. The number of likely N-dealkylation sites (tertiary alicyclic amines) is 1. The predicted molar refractivity (Wildman–Crippen MR) is 91.9 cm³/mol. The molecule has 0 saturated carbocycles. The van der Waals surface area contributed by atoms with Crippen LogP contribution in [0.4, 0.5) is 14.9 Å². The van der Waals surface area contributed by atoms with Crippen LogP contribution < -0.4 is 10.1 Å². The zero-order chi connectivity index (χ0) is 16.9. The molecule has 1 N–H and O–H groups in total. The van der Waals surface area contributed by atoms with E-state index >= 15 is 0 Å². The number of urea groups is 1. The lowest BCUT2D eigenvalue weighted by molar-refractivity contribution is 0.186. The maximum absolute atomic E-state index is 14.2. The predicted octanol–water partition coefficient (Wildman–Crippen LogP) is 4.88. The number of hydrogen-bond acceptors (Lipinski definition) is 2. The molecule has 1 fully saturated rings. The first kappa shape index (κ1) is 16.3. The standard InChI is InChI=1S/C19H21FN2O2/c1-14-10-12-22(13-11-14)19(23)21-18-16(20)8-5-9-17(18)24-15-6-3-2-4-7-15/h2-9,14H,10-13H2,1H3,(H,21,23). The van der Waals surface area contributed by atoms with Crippen molar-refractivity contribution in [2.45, 2.75) is 19.8 Å². The van der Waals surface area contributed by atoms with Gasteiger partial charge in [-0.15, -0.1) is 0 Å². The van der Waals surface area contributed by atoms with Gasteiger partial charge in [0.15, 0.2) is 11.6 Å². The van der Waals surface area contributed by atoms with Crippen LogP contribution in [0.5, 0.6) is 11.5 Å². The Morgan fingerprint density at radius 3 is 2.54 bits per heavy atom. The number of benzene rings is 2. The molecule has 3 rings (SSSR count). The number of nitrogens with zero attached hydrogens (tertiary/aromatic N) is 1. The van der Waals surface area contributed by atoms with Crippen molar-refractivity contribution in [3.63, 3.8) is 0 Å². The molecule has 126 valence electrons. The molecule has 4 nitrogen and oxygen atoms in total. The smallest absolute Gasteiger partial charge is 0.322 e. The molecule has 0 spiro atoms. The van der Waals surface area contributed by atoms with Gasteiger partial charge in [-0.2, -0.15) is 0 Å². The first-order valence-corrected chi connectivity index (χ1v) is 8.21. The van der Waals surface area contributed by atoms with Gasteiger partial charge < -0.3 is 15.0 Å². The number of ether oxygens (including phenoxy) is 1. The van der Waals surface area contributed by atoms with Crippen molar-refractivity contribution in [3.8, 4) is 11.5 Å². The topological polar surface area (TPSA) is 41.6 Å². The second kappa shape index (κ2) is 7.34. The number of piperidine rings is 1. The molecule has 1 heterocycles. The van der Waals surface area contributed by atoms with E-state index in [9.17, 15) is 9.18 Å². The van der Waals surface area contributed by atoms with Gasteiger partial charge in [0.2, 0.25) is 0 Å². The van der Waals surface area contributed by atoms with E-state index in [1.165, 1.54) is 6.07 Å². The number of anilines is 1. The quantitative estimate of drug-likeness (QED) is 0.872. The zero-order valence-electron chi connectivity index (χ0n) is 13.7. The lowest BCUT2D eigenvalue weighted by atomic mass is 10.00. The summed E-state index contributed by atoms with van der Waals surface area (Å²) in [5.41, 5.74) is 0.0741. The largest absolute Gasteiger partial charge is 0.455 e. The molecule has 0 unspecified atom stereocenters. The minimum atomic E-state index is -0.512. The van der Waals surface area contributed by atoms with Gasteiger partial charge in [-0.3, -0.25) is 0 Å². The first-order chi connectivity index (χ1) is 11.6. The molecule has 0 aromatic heterocycles. The fourth-order valence-corrected chi connectivity index (χ4v) is 2.72. The lowest BCUT2D eigenvalue weighted by Gasteiger charge is -2.30. The molecule has 1 aliphatic heterocycles. The maximum atomic E-state index is 14.2. The van der Waals surface area contributed by atoms with Crippen molar-refractivity contribution in [1.82, 2.24) is 4.90 Å². The van der Waals surface area contributed by atoms with Crippen molar-refractivity contribution < 1.29 is 13.9 Å². The summed E-state index contributed by atoms with van der Waals surface area (Å²) in [5, 5.41) is 2.67. The van der Waals surface area contributed by atoms with Crippen LogP contribution in [-0.4, -0.2) is 24.0 Å². The molecule has 0 bridgehead atoms. The Bertz CT molecular complexity index is 698. The van der Waals surface area contributed by atoms with Crippen LogP contribution >= 0.6 is 0 Å². The number of halogens is 1. The Kier molecular flexibility index (Phi) is 4.99. The normalized spacial score (nSPS) is 15.2. The molecule has 1 aliphatic rings. The third-order valence-electron chi connectivity index (χ3n) is 4.25. The lowest BCUT2D eigenvalue weighted by Crippen LogP contribution is -2.40. The van der Waals surface area contributed by atoms with E-state index in [4.69, 9.17) is 4.74 Å². The van der Waals surface area contributed by atoms with Crippen LogP contribution in [0.25, 0.3) is 0 Å². The number of carbonyl (C=O) groups is 1. The number of para-hydroxylation sites is 2. The number of carbonyl (C=O) groups excluding carboxylic acids is 1. The van der Waals surface area contributed by atoms with Crippen molar-refractivity contribution >= 4 is 11.7 Å². The molecular weight excluding hydrogens is 307 g/mol. The molecule has 0 radical (unpaired) electrons. The van der Waals surface area contributed by atoms with E-state index < -0.39 is 5.82 Å². The Morgan fingerprint density at radius 2 is 1.83 bits per heavy atom. The number of amides is 2. The first-order valence-electron chi connectivity index (χ1n) is 8.21. The van der Waals surface area contributed by atoms with Gasteiger partial charge in [0.25, 0.3) is 0 Å². The maximum Gasteiger partial charge on any atom is 0.322 e. The van der Waals surface area contributed by atoms with Crippen molar-refractivity contribution in [2.24, 2.45) is 5.92 Å². The number of nitrogens with one attached hydrogen (secondary N) is 1. The van der Waals surface area contributed by atoms with E-state index in [1.807, 2.05) is 18.2 Å². The van der Waals surface area contributed by atoms with Gasteiger partial charge in [0.05, 0.1) is 0 Å². The van der Waals surface area contributed by atoms with Gasteiger partial charge in [-0.05, 0) is 43.0 Å². The fraction of sp³-hybridized carbons (Fsp3) is 0.316. The SMILES string of the molecule is CC1CCN(C(=O)Nc2c(F)cccc2Oc2ccccc2)CC1. The molecule has 0 aliphatic carbocycles. The van der Waals surface area contributed by atoms with Gasteiger partial charge in [-0.1, -0.05) is 31.2 Å². The van der Waals surface area contributed by atoms with Crippen molar-refractivity contribution in [1.29, 1.82) is 0 Å². The summed E-state index contributed by atoms with van der Waals surface area (Å²) in [6, 6.07) is 13.3. The summed E-state index contributed by atoms with van der Waals surface area (Å²) in [4.78, 5) is 14.1. The molecule has 5 heteroatoms. The van der Waals surface area contributed by atoms with E-state index in [1.54, 1.807) is 29.2 Å². The van der Waals surface area contributed by atoms with Gasteiger partial charge >= 0.3 is 6.03 Å². The van der Waals surface area contributed by atoms with E-state index in [2.05, 4.69) is 12.2 Å². The highest BCUT2D eigenvalue weighted by atomic mass is 19.1. The molecule has 2 amide bonds. The summed E-state index contributed by atoms with van der Waals surface area (Å²) in [6.45, 7) is 3.56. The highest BCUT2D eigenvalue weighted by Gasteiger charge is 2.22. The van der Waals surface area contributed by atoms with Gasteiger partial charge in [0, 0.05) is 13.1 Å². The summed E-state index contributed by atoms with van der Waals surface area (Å²) < 4.78 is 20.0. The van der Waals surface area contributed by atoms with Crippen LogP contribution in [0.15, 0.2) is 48.5 Å². The molecule has 1 saturated heterocycles. The third-order valence-corrected chi connectivity index (χ3v) is 4.25. The summed E-state index contributed by atoms with van der Waals surface area (Å²) in [6.07, 6.45) is 1.94. The summed E-state index contributed by atoms with van der Waals surface area (Å²) in [7, 11) is 0. The third kappa shape index (κ3) is 3.85. The Labute approximate surface area is 141 Å². The zero-order valence-corrected chi connectivity index (χ0v) is 13.7. The Morgan fingerprint density at radius 1 is 1.12 bits per heavy atom. The van der Waals surface area contributed by atoms with Crippen LogP contribution in [0, 0.1) is 11.7 Å². The Balaban J connectivity index is 1.76. The van der Waals surface area contributed by atoms with E-state index in [-0.39, 0.29) is 11.7 Å². The van der Waals surface area contributed by atoms with Crippen molar-refractivity contribution in [2.75, 3.05) is 18.4 Å². The second-order valence-corrected chi connectivity index (χ2v) is 6.13. The molecular formula is C19H21FN2O2. The van der Waals surface area contributed by atoms with Gasteiger partial charge in [0.1, 0.15) is 11.4 Å². The van der Waals surface area contributed by atoms with Crippen LogP contribution in [-0.2, 0) is 0 Å². The molecule has 2 aromatic rings. The summed E-state index contributed by atoms with van der Waals surface area (Å²) >= 11 is 0. The second-order valence-electron chi connectivity index (χ2n) is 6.13. The Hall–Kier alpha value is -2.56. The van der Waals surface area contributed by atoms with E-state index in [0.717, 1.165) is 12.8 Å². The average Bonchev–Trinajstić information content (AvgIpc) is 2.59. The number of rotatable bonds is 3. The molecule has 24 heavy (non-hydrogen) atoms. The van der Waals surface area contributed by atoms with Gasteiger partial charge in [-0.25, -0.2) is 9.18 Å². The minimum Gasteiger partial charge on any atom is -0.455 e. The van der Waals surface area contributed by atoms with Crippen molar-refractivity contribution in [3.05, 3.63) is 54.3 Å². The van der Waals surface area contributed by atoms with Crippen LogP contribution in [0.2, 0.25) is 0 Å². The van der Waals surface area contributed by atoms with E-state index in [0.29, 0.717) is 30.5 Å². The molecule has 2 aromatic carbocycles.